The van der Waals surface area contributed by atoms with Crippen molar-refractivity contribution in [2.75, 3.05) is 0 Å². The zero-order valence-corrected chi connectivity index (χ0v) is 29.5. The maximum atomic E-state index is 6.56. The van der Waals surface area contributed by atoms with Crippen LogP contribution >= 0.6 is 0 Å². The van der Waals surface area contributed by atoms with E-state index in [1.807, 2.05) is 6.07 Å². The van der Waals surface area contributed by atoms with Crippen molar-refractivity contribution in [2.45, 2.75) is 0 Å². The standard InChI is InChI=1S/C50H30N4O/c1-2-13-33(14-3-1)53-42-21-9-7-17-36(42)39-29-31(25-27-45(39)53)32-26-28-46-40(30-32)48-38(19-12-24-47(48)55-46)49-37-18-4-8-20-41(37)51-50(52-49)54-43-22-10-5-15-34(43)35-16-6-11-23-44(35)54/h1-30H. The summed E-state index contributed by atoms with van der Waals surface area (Å²) >= 11 is 0. The van der Waals surface area contributed by atoms with Gasteiger partial charge in [-0.2, -0.15) is 0 Å². The molecule has 0 N–H and O–H groups in total. The molecular weight excluding hydrogens is 673 g/mol. The number of fused-ring (bicyclic) bond motifs is 10. The van der Waals surface area contributed by atoms with E-state index >= 15 is 0 Å². The first-order chi connectivity index (χ1) is 27.3. The molecule has 8 aromatic carbocycles. The van der Waals surface area contributed by atoms with E-state index in [0.717, 1.165) is 71.9 Å². The molecule has 0 radical (unpaired) electrons. The second kappa shape index (κ2) is 11.5. The predicted molar refractivity (Wildman–Crippen MR) is 226 cm³/mol. The number of hydrogen-bond donors (Lipinski definition) is 0. The first-order valence-corrected chi connectivity index (χ1v) is 18.6. The summed E-state index contributed by atoms with van der Waals surface area (Å²) in [6.45, 7) is 0. The van der Waals surface area contributed by atoms with E-state index in [9.17, 15) is 0 Å². The van der Waals surface area contributed by atoms with Crippen LogP contribution in [0.2, 0.25) is 0 Å². The minimum atomic E-state index is 0.638. The molecule has 0 saturated heterocycles. The summed E-state index contributed by atoms with van der Waals surface area (Å²) in [5.41, 5.74) is 12.4. The lowest BCUT2D eigenvalue weighted by atomic mass is 9.97. The van der Waals surface area contributed by atoms with Gasteiger partial charge in [0.2, 0.25) is 5.95 Å². The van der Waals surface area contributed by atoms with Crippen LogP contribution in [0.15, 0.2) is 186 Å². The number of aromatic nitrogens is 4. The first kappa shape index (κ1) is 30.0. The van der Waals surface area contributed by atoms with Gasteiger partial charge in [-0.05, 0) is 77.9 Å². The zero-order valence-electron chi connectivity index (χ0n) is 29.5. The molecule has 256 valence electrons. The fourth-order valence-electron chi connectivity index (χ4n) is 8.72. The van der Waals surface area contributed by atoms with Crippen molar-refractivity contribution in [3.63, 3.8) is 0 Å². The molecule has 0 aliphatic carbocycles. The third kappa shape index (κ3) is 4.41. The number of hydrogen-bond acceptors (Lipinski definition) is 3. The molecule has 0 aliphatic rings. The van der Waals surface area contributed by atoms with Gasteiger partial charge in [0, 0.05) is 49.0 Å². The van der Waals surface area contributed by atoms with Crippen molar-refractivity contribution in [1.82, 2.24) is 19.1 Å². The third-order valence-electron chi connectivity index (χ3n) is 11.1. The highest BCUT2D eigenvalue weighted by Crippen LogP contribution is 2.42. The lowest BCUT2D eigenvalue weighted by Crippen LogP contribution is -2.03. The molecule has 5 nitrogen and oxygen atoms in total. The molecule has 4 heterocycles. The highest BCUT2D eigenvalue weighted by atomic mass is 16.3. The first-order valence-electron chi connectivity index (χ1n) is 18.6. The van der Waals surface area contributed by atoms with Crippen LogP contribution in [-0.2, 0) is 0 Å². The molecular formula is C50H30N4O. The fourth-order valence-corrected chi connectivity index (χ4v) is 8.72. The van der Waals surface area contributed by atoms with Gasteiger partial charge < -0.3 is 8.98 Å². The second-order valence-electron chi connectivity index (χ2n) is 14.2. The Balaban J connectivity index is 1.08. The lowest BCUT2D eigenvalue weighted by Gasteiger charge is -2.12. The molecule has 12 aromatic rings. The van der Waals surface area contributed by atoms with Crippen molar-refractivity contribution in [1.29, 1.82) is 0 Å². The van der Waals surface area contributed by atoms with E-state index in [1.54, 1.807) is 0 Å². The molecule has 0 saturated carbocycles. The molecule has 0 amide bonds. The molecule has 0 fully saturated rings. The number of benzene rings is 8. The van der Waals surface area contributed by atoms with Crippen LogP contribution in [0.1, 0.15) is 0 Å². The molecule has 0 atom stereocenters. The van der Waals surface area contributed by atoms with Gasteiger partial charge in [0.1, 0.15) is 11.2 Å². The van der Waals surface area contributed by atoms with Gasteiger partial charge in [-0.25, -0.2) is 9.97 Å². The molecule has 0 bridgehead atoms. The maximum absolute atomic E-state index is 6.56. The van der Waals surface area contributed by atoms with Crippen LogP contribution in [-0.4, -0.2) is 19.1 Å². The fraction of sp³-hybridized carbons (Fsp3) is 0. The Bertz CT molecular complexity index is 3440. The number of furan rings is 1. The van der Waals surface area contributed by atoms with Gasteiger partial charge in [-0.3, -0.25) is 4.57 Å². The van der Waals surface area contributed by atoms with Crippen LogP contribution < -0.4 is 0 Å². The summed E-state index contributed by atoms with van der Waals surface area (Å²) in [5, 5.41) is 7.89. The highest BCUT2D eigenvalue weighted by molar-refractivity contribution is 6.16. The van der Waals surface area contributed by atoms with Crippen LogP contribution in [0.3, 0.4) is 0 Å². The summed E-state index contributed by atoms with van der Waals surface area (Å²) in [7, 11) is 0. The molecule has 0 spiro atoms. The van der Waals surface area contributed by atoms with Crippen LogP contribution in [0.4, 0.5) is 0 Å². The van der Waals surface area contributed by atoms with Crippen LogP contribution in [0.25, 0.3) is 110 Å². The van der Waals surface area contributed by atoms with E-state index in [0.29, 0.717) is 5.95 Å². The lowest BCUT2D eigenvalue weighted by molar-refractivity contribution is 0.669. The minimum absolute atomic E-state index is 0.638. The van der Waals surface area contributed by atoms with E-state index in [2.05, 4.69) is 185 Å². The quantitative estimate of drug-likeness (QED) is 0.183. The molecule has 0 unspecified atom stereocenters. The Hall–Kier alpha value is -7.50. The number of rotatable bonds is 4. The Morgan fingerprint density at radius 2 is 0.964 bits per heavy atom. The summed E-state index contributed by atoms with van der Waals surface area (Å²) in [6, 6.07) is 64.2. The maximum Gasteiger partial charge on any atom is 0.235 e. The van der Waals surface area contributed by atoms with E-state index in [-0.39, 0.29) is 0 Å². The smallest absolute Gasteiger partial charge is 0.235 e. The normalized spacial score (nSPS) is 12.0. The summed E-state index contributed by atoms with van der Waals surface area (Å²) < 4.78 is 11.1. The zero-order chi connectivity index (χ0) is 36.0. The van der Waals surface area contributed by atoms with Gasteiger partial charge in [0.15, 0.2) is 0 Å². The third-order valence-corrected chi connectivity index (χ3v) is 11.1. The van der Waals surface area contributed by atoms with Crippen LogP contribution in [0.5, 0.6) is 0 Å². The molecule has 5 heteroatoms. The van der Waals surface area contributed by atoms with Gasteiger partial charge in [0.05, 0.1) is 33.3 Å². The molecule has 55 heavy (non-hydrogen) atoms. The van der Waals surface area contributed by atoms with Gasteiger partial charge in [0.25, 0.3) is 0 Å². The topological polar surface area (TPSA) is 48.8 Å². The highest BCUT2D eigenvalue weighted by Gasteiger charge is 2.21. The Morgan fingerprint density at radius 1 is 0.382 bits per heavy atom. The van der Waals surface area contributed by atoms with E-state index in [1.165, 1.54) is 32.6 Å². The van der Waals surface area contributed by atoms with Crippen molar-refractivity contribution in [3.05, 3.63) is 182 Å². The van der Waals surface area contributed by atoms with E-state index < -0.39 is 0 Å². The Labute approximate surface area is 315 Å². The average Bonchev–Trinajstić information content (AvgIpc) is 3.91. The van der Waals surface area contributed by atoms with Gasteiger partial charge in [-0.1, -0.05) is 115 Å². The van der Waals surface area contributed by atoms with Crippen molar-refractivity contribution >= 4 is 76.5 Å². The summed E-state index contributed by atoms with van der Waals surface area (Å²) in [4.78, 5) is 10.6. The number of para-hydroxylation sites is 5. The predicted octanol–water partition coefficient (Wildman–Crippen LogP) is 13.1. The van der Waals surface area contributed by atoms with Gasteiger partial charge >= 0.3 is 0 Å². The van der Waals surface area contributed by atoms with Crippen molar-refractivity contribution < 1.29 is 4.42 Å². The van der Waals surface area contributed by atoms with E-state index in [4.69, 9.17) is 14.4 Å². The number of nitrogens with zero attached hydrogens (tertiary/aromatic N) is 4. The average molecular weight is 703 g/mol. The Kier molecular flexibility index (Phi) is 6.27. The van der Waals surface area contributed by atoms with Crippen molar-refractivity contribution in [3.8, 4) is 34.0 Å². The molecule has 0 aliphatic heterocycles. The van der Waals surface area contributed by atoms with Crippen molar-refractivity contribution in [2.24, 2.45) is 0 Å². The Morgan fingerprint density at radius 3 is 1.71 bits per heavy atom. The minimum Gasteiger partial charge on any atom is -0.456 e. The summed E-state index contributed by atoms with van der Waals surface area (Å²) in [5.74, 6) is 0.638. The largest absolute Gasteiger partial charge is 0.456 e. The van der Waals surface area contributed by atoms with Gasteiger partial charge in [-0.15, -0.1) is 0 Å². The second-order valence-corrected chi connectivity index (χ2v) is 14.2. The monoisotopic (exact) mass is 702 g/mol. The molecule has 4 aromatic heterocycles. The van der Waals surface area contributed by atoms with Crippen LogP contribution in [0, 0.1) is 0 Å². The summed E-state index contributed by atoms with van der Waals surface area (Å²) in [6.07, 6.45) is 0. The molecule has 12 rings (SSSR count). The SMILES string of the molecule is c1ccc(-n2c3ccccc3c3cc(-c4ccc5oc6cccc(-c7nc(-n8c9ccccc9c9ccccc98)nc8ccccc78)c6c5c4)ccc32)cc1.